The van der Waals surface area contributed by atoms with Crippen LogP contribution in [-0.2, 0) is 6.61 Å². The number of para-hydroxylation sites is 1. The Morgan fingerprint density at radius 1 is 0.969 bits per heavy atom. The Balaban J connectivity index is 1.32. The second kappa shape index (κ2) is 8.70. The molecule has 1 amide bonds. The number of hydrogen-bond acceptors (Lipinski definition) is 5. The zero-order chi connectivity index (χ0) is 21.9. The van der Waals surface area contributed by atoms with E-state index in [-0.39, 0.29) is 18.3 Å². The molecule has 1 fully saturated rings. The summed E-state index contributed by atoms with van der Waals surface area (Å²) in [6, 6.07) is 19.7. The van der Waals surface area contributed by atoms with Crippen molar-refractivity contribution in [3.63, 3.8) is 0 Å². The van der Waals surface area contributed by atoms with Gasteiger partial charge in [-0.2, -0.15) is 0 Å². The Labute approximate surface area is 184 Å². The summed E-state index contributed by atoms with van der Waals surface area (Å²) in [6.45, 7) is 2.65. The molecule has 0 atom stereocenters. The molecule has 0 bridgehead atoms. The molecular weight excluding hydrogens is 409 g/mol. The van der Waals surface area contributed by atoms with Gasteiger partial charge in [-0.05, 0) is 36.4 Å². The second-order valence-electron chi connectivity index (χ2n) is 7.63. The first-order valence-corrected chi connectivity index (χ1v) is 10.5. The molecule has 0 saturated carbocycles. The normalized spacial score (nSPS) is 14.0. The van der Waals surface area contributed by atoms with Gasteiger partial charge in [-0.15, -0.1) is 0 Å². The molecule has 3 heterocycles. The molecule has 162 valence electrons. The maximum Gasteiger partial charge on any atom is 0.289 e. The van der Waals surface area contributed by atoms with Crippen LogP contribution in [0.4, 0.5) is 10.2 Å². The van der Waals surface area contributed by atoms with E-state index < -0.39 is 0 Å². The number of anilines is 1. The lowest BCUT2D eigenvalue weighted by Gasteiger charge is -2.35. The third kappa shape index (κ3) is 4.01. The van der Waals surface area contributed by atoms with Crippen LogP contribution >= 0.6 is 0 Å². The number of rotatable bonds is 5. The van der Waals surface area contributed by atoms with E-state index in [1.54, 1.807) is 35.2 Å². The summed E-state index contributed by atoms with van der Waals surface area (Å²) in [7, 11) is 0. The number of nitrogens with zero attached hydrogens (tertiary/aromatic N) is 3. The molecule has 2 aromatic heterocycles. The van der Waals surface area contributed by atoms with Crippen molar-refractivity contribution in [1.29, 1.82) is 0 Å². The molecule has 0 aliphatic carbocycles. The van der Waals surface area contributed by atoms with Crippen LogP contribution in [0, 0.1) is 5.82 Å². The van der Waals surface area contributed by atoms with Crippen molar-refractivity contribution in [1.82, 2.24) is 9.88 Å². The Kier molecular flexibility index (Phi) is 5.46. The summed E-state index contributed by atoms with van der Waals surface area (Å²) in [6.07, 6.45) is 1.51. The average Bonchev–Trinajstić information content (AvgIpc) is 3.38. The van der Waals surface area contributed by atoms with Crippen molar-refractivity contribution in [2.45, 2.75) is 6.61 Å². The number of piperazine rings is 1. The molecule has 1 saturated heterocycles. The van der Waals surface area contributed by atoms with E-state index in [2.05, 4.69) is 4.90 Å². The molecule has 6 nitrogen and oxygen atoms in total. The fourth-order valence-corrected chi connectivity index (χ4v) is 3.87. The largest absolute Gasteiger partial charge is 0.487 e. The molecule has 0 spiro atoms. The molecular formula is C25H22FN3O3. The van der Waals surface area contributed by atoms with E-state index in [4.69, 9.17) is 14.1 Å². The van der Waals surface area contributed by atoms with Gasteiger partial charge in [-0.1, -0.05) is 30.3 Å². The quantitative estimate of drug-likeness (QED) is 0.465. The van der Waals surface area contributed by atoms with Gasteiger partial charge in [0.1, 0.15) is 29.5 Å². The number of amides is 1. The molecule has 0 unspecified atom stereocenters. The molecule has 0 radical (unpaired) electrons. The van der Waals surface area contributed by atoms with Crippen LogP contribution in [0.15, 0.2) is 77.4 Å². The maximum atomic E-state index is 14.0. The van der Waals surface area contributed by atoms with Crippen molar-refractivity contribution in [2.75, 3.05) is 31.1 Å². The number of pyridine rings is 1. The van der Waals surface area contributed by atoms with Crippen molar-refractivity contribution in [3.8, 4) is 5.75 Å². The van der Waals surface area contributed by atoms with Gasteiger partial charge in [0.05, 0.1) is 6.26 Å². The molecule has 1 aliphatic rings. The zero-order valence-electron chi connectivity index (χ0n) is 17.4. The van der Waals surface area contributed by atoms with Gasteiger partial charge in [0.2, 0.25) is 0 Å². The van der Waals surface area contributed by atoms with Gasteiger partial charge in [-0.25, -0.2) is 9.37 Å². The van der Waals surface area contributed by atoms with E-state index in [1.807, 2.05) is 30.3 Å². The van der Waals surface area contributed by atoms with E-state index in [1.165, 1.54) is 12.3 Å². The minimum atomic E-state index is -0.289. The first kappa shape index (κ1) is 20.1. The van der Waals surface area contributed by atoms with Gasteiger partial charge in [0.15, 0.2) is 5.76 Å². The Bertz CT molecular complexity index is 1230. The summed E-state index contributed by atoms with van der Waals surface area (Å²) < 4.78 is 25.1. The first-order chi connectivity index (χ1) is 15.7. The highest BCUT2D eigenvalue weighted by molar-refractivity contribution is 5.91. The third-order valence-corrected chi connectivity index (χ3v) is 5.63. The number of ether oxygens (including phenoxy) is 1. The van der Waals surface area contributed by atoms with Crippen LogP contribution in [-0.4, -0.2) is 42.0 Å². The van der Waals surface area contributed by atoms with Crippen molar-refractivity contribution in [3.05, 3.63) is 90.1 Å². The number of benzene rings is 2. The highest BCUT2D eigenvalue weighted by Crippen LogP contribution is 2.28. The molecule has 0 N–H and O–H groups in total. The highest BCUT2D eigenvalue weighted by Gasteiger charge is 2.24. The van der Waals surface area contributed by atoms with Crippen LogP contribution in [0.25, 0.3) is 10.9 Å². The number of hydrogen-bond donors (Lipinski definition) is 0. The lowest BCUT2D eigenvalue weighted by molar-refractivity contribution is 0.0714. The fraction of sp³-hybridized carbons (Fsp3) is 0.200. The van der Waals surface area contributed by atoms with Crippen LogP contribution in [0.5, 0.6) is 5.75 Å². The Hall–Kier alpha value is -3.87. The molecule has 32 heavy (non-hydrogen) atoms. The standard InChI is InChI=1S/C25H22FN3O3/c26-20-7-2-1-5-19(20)17-32-21-8-3-6-18-10-11-23(27-24(18)21)28-12-14-29(15-13-28)25(30)22-9-4-16-31-22/h1-11,16H,12-15,17H2. The smallest absolute Gasteiger partial charge is 0.289 e. The maximum absolute atomic E-state index is 14.0. The Morgan fingerprint density at radius 2 is 1.81 bits per heavy atom. The van der Waals surface area contributed by atoms with Crippen molar-refractivity contribution >= 4 is 22.6 Å². The summed E-state index contributed by atoms with van der Waals surface area (Å²) in [4.78, 5) is 21.3. The predicted octanol–water partition coefficient (Wildman–Crippen LogP) is 4.51. The lowest BCUT2D eigenvalue weighted by Crippen LogP contribution is -2.49. The van der Waals surface area contributed by atoms with Gasteiger partial charge >= 0.3 is 0 Å². The monoisotopic (exact) mass is 431 g/mol. The van der Waals surface area contributed by atoms with Crippen LogP contribution in [0.3, 0.4) is 0 Å². The zero-order valence-corrected chi connectivity index (χ0v) is 17.4. The van der Waals surface area contributed by atoms with E-state index in [0.29, 0.717) is 43.3 Å². The first-order valence-electron chi connectivity index (χ1n) is 10.5. The predicted molar refractivity (Wildman–Crippen MR) is 119 cm³/mol. The minimum absolute atomic E-state index is 0.0926. The van der Waals surface area contributed by atoms with Gasteiger partial charge in [0.25, 0.3) is 5.91 Å². The Morgan fingerprint density at radius 3 is 2.59 bits per heavy atom. The summed E-state index contributed by atoms with van der Waals surface area (Å²) in [5.74, 6) is 1.41. The molecule has 5 rings (SSSR count). The van der Waals surface area contributed by atoms with Gasteiger partial charge in [0, 0.05) is 37.1 Å². The number of halogens is 1. The number of carbonyl (C=O) groups is 1. The topological polar surface area (TPSA) is 58.8 Å². The van der Waals surface area contributed by atoms with E-state index in [0.717, 1.165) is 16.7 Å². The summed E-state index contributed by atoms with van der Waals surface area (Å²) in [5, 5.41) is 0.950. The van der Waals surface area contributed by atoms with E-state index in [9.17, 15) is 9.18 Å². The minimum Gasteiger partial charge on any atom is -0.487 e. The molecule has 7 heteroatoms. The number of furan rings is 1. The number of aromatic nitrogens is 1. The second-order valence-corrected chi connectivity index (χ2v) is 7.63. The molecule has 1 aliphatic heterocycles. The van der Waals surface area contributed by atoms with Crippen LogP contribution in [0.1, 0.15) is 16.1 Å². The van der Waals surface area contributed by atoms with Crippen molar-refractivity contribution in [2.24, 2.45) is 0 Å². The number of carbonyl (C=O) groups excluding carboxylic acids is 1. The number of fused-ring (bicyclic) bond motifs is 1. The lowest BCUT2D eigenvalue weighted by atomic mass is 10.2. The van der Waals surface area contributed by atoms with Crippen LogP contribution in [0.2, 0.25) is 0 Å². The summed E-state index contributed by atoms with van der Waals surface area (Å²) in [5.41, 5.74) is 1.23. The van der Waals surface area contributed by atoms with Gasteiger partial charge < -0.3 is 19.0 Å². The van der Waals surface area contributed by atoms with E-state index >= 15 is 0 Å². The average molecular weight is 431 g/mol. The highest BCUT2D eigenvalue weighted by atomic mass is 19.1. The van der Waals surface area contributed by atoms with Gasteiger partial charge in [-0.3, -0.25) is 4.79 Å². The summed E-state index contributed by atoms with van der Waals surface area (Å²) >= 11 is 0. The molecule has 2 aromatic carbocycles. The van der Waals surface area contributed by atoms with Crippen molar-refractivity contribution < 1.29 is 18.3 Å². The fourth-order valence-electron chi connectivity index (χ4n) is 3.87. The van der Waals surface area contributed by atoms with Crippen LogP contribution < -0.4 is 9.64 Å². The molecule has 4 aromatic rings. The third-order valence-electron chi connectivity index (χ3n) is 5.63. The SMILES string of the molecule is O=C(c1ccco1)N1CCN(c2ccc3cccc(OCc4ccccc4F)c3n2)CC1.